The molecule has 0 unspecified atom stereocenters. The zero-order chi connectivity index (χ0) is 22.9. The Labute approximate surface area is 187 Å². The standard InChI is InChI=1S/C24H27ClN2O4/c1-7-30-23(28)18-14(5)26-15(6)19(24(29)31-8-2)20(18)17-11-16-10-9-12(3)13(4)21(16)27-22(17)25/h9-11,20,26H,7-8H2,1-6H3. The molecule has 31 heavy (non-hydrogen) atoms. The SMILES string of the molecule is CCOC(=O)C1=C(C)NC(C)=C(C(=O)OCC)C1c1cc2ccc(C)c(C)c2nc1Cl. The van der Waals surface area contributed by atoms with Crippen molar-refractivity contribution in [3.8, 4) is 0 Å². The maximum atomic E-state index is 12.9. The molecule has 1 aromatic carbocycles. The number of carbonyl (C=O) groups is 2. The highest BCUT2D eigenvalue weighted by molar-refractivity contribution is 6.31. The summed E-state index contributed by atoms with van der Waals surface area (Å²) >= 11 is 6.67. The van der Waals surface area contributed by atoms with Gasteiger partial charge in [-0.2, -0.15) is 0 Å². The summed E-state index contributed by atoms with van der Waals surface area (Å²) in [5.41, 5.74) is 5.34. The van der Waals surface area contributed by atoms with Gasteiger partial charge in [-0.1, -0.05) is 23.7 Å². The largest absolute Gasteiger partial charge is 0.463 e. The monoisotopic (exact) mass is 442 g/mol. The fourth-order valence-corrected chi connectivity index (χ4v) is 4.19. The van der Waals surface area contributed by atoms with Crippen LogP contribution in [0.2, 0.25) is 5.15 Å². The molecule has 1 aromatic heterocycles. The first kappa shape index (κ1) is 22.8. The first-order valence-electron chi connectivity index (χ1n) is 10.3. The van der Waals surface area contributed by atoms with Crippen LogP contribution < -0.4 is 5.32 Å². The average Bonchev–Trinajstić information content (AvgIpc) is 2.70. The van der Waals surface area contributed by atoms with E-state index in [1.165, 1.54) is 0 Å². The Morgan fingerprint density at radius 2 is 1.55 bits per heavy atom. The van der Waals surface area contributed by atoms with Crippen LogP contribution in [-0.2, 0) is 19.1 Å². The van der Waals surface area contributed by atoms with E-state index in [2.05, 4.69) is 10.3 Å². The number of fused-ring (bicyclic) bond motifs is 1. The minimum absolute atomic E-state index is 0.210. The van der Waals surface area contributed by atoms with Crippen LogP contribution >= 0.6 is 11.6 Å². The number of aromatic nitrogens is 1. The molecule has 3 rings (SSSR count). The van der Waals surface area contributed by atoms with Gasteiger partial charge in [-0.3, -0.25) is 0 Å². The number of ether oxygens (including phenoxy) is 2. The molecular formula is C24H27ClN2O4. The van der Waals surface area contributed by atoms with E-state index >= 15 is 0 Å². The van der Waals surface area contributed by atoms with E-state index in [1.807, 2.05) is 32.0 Å². The zero-order valence-electron chi connectivity index (χ0n) is 18.7. The normalized spacial score (nSPS) is 14.7. The Morgan fingerprint density at radius 1 is 1.00 bits per heavy atom. The van der Waals surface area contributed by atoms with Crippen molar-refractivity contribution in [1.29, 1.82) is 0 Å². The summed E-state index contributed by atoms with van der Waals surface area (Å²) in [5.74, 6) is -1.78. The fourth-order valence-electron chi connectivity index (χ4n) is 3.94. The number of carbonyl (C=O) groups excluding carboxylic acids is 2. The van der Waals surface area contributed by atoms with Gasteiger partial charge in [-0.15, -0.1) is 0 Å². The smallest absolute Gasteiger partial charge is 0.336 e. The number of rotatable bonds is 5. The van der Waals surface area contributed by atoms with Crippen LogP contribution in [0.15, 0.2) is 40.7 Å². The molecule has 1 aliphatic rings. The number of hydrogen-bond donors (Lipinski definition) is 1. The number of nitrogens with one attached hydrogen (secondary N) is 1. The maximum Gasteiger partial charge on any atom is 0.336 e. The molecule has 2 aromatic rings. The second kappa shape index (κ2) is 9.10. The predicted octanol–water partition coefficient (Wildman–Crippen LogP) is 4.87. The quantitative estimate of drug-likeness (QED) is 0.526. The molecular weight excluding hydrogens is 416 g/mol. The summed E-state index contributed by atoms with van der Waals surface area (Å²) in [6, 6.07) is 5.87. The molecule has 6 nitrogen and oxygen atoms in total. The third-order valence-corrected chi connectivity index (χ3v) is 5.86. The lowest BCUT2D eigenvalue weighted by Gasteiger charge is -2.30. The zero-order valence-corrected chi connectivity index (χ0v) is 19.4. The molecule has 0 aliphatic carbocycles. The van der Waals surface area contributed by atoms with Crippen LogP contribution in [-0.4, -0.2) is 30.1 Å². The molecule has 0 fully saturated rings. The van der Waals surface area contributed by atoms with Gasteiger partial charge >= 0.3 is 11.9 Å². The Hall–Kier alpha value is -2.86. The molecule has 0 radical (unpaired) electrons. The number of nitrogens with zero attached hydrogens (tertiary/aromatic N) is 1. The minimum Gasteiger partial charge on any atom is -0.463 e. The van der Waals surface area contributed by atoms with E-state index in [4.69, 9.17) is 21.1 Å². The van der Waals surface area contributed by atoms with Crippen molar-refractivity contribution in [2.45, 2.75) is 47.5 Å². The number of dihydropyridines is 1. The summed E-state index contributed by atoms with van der Waals surface area (Å²) in [5, 5.41) is 4.24. The van der Waals surface area contributed by atoms with Crippen LogP contribution in [0.25, 0.3) is 10.9 Å². The van der Waals surface area contributed by atoms with Gasteiger partial charge in [0.25, 0.3) is 0 Å². The van der Waals surface area contributed by atoms with Crippen molar-refractivity contribution in [3.05, 3.63) is 62.6 Å². The van der Waals surface area contributed by atoms with Crippen molar-refractivity contribution < 1.29 is 19.1 Å². The van der Waals surface area contributed by atoms with Crippen molar-refractivity contribution in [1.82, 2.24) is 10.3 Å². The van der Waals surface area contributed by atoms with Crippen molar-refractivity contribution in [2.75, 3.05) is 13.2 Å². The van der Waals surface area contributed by atoms with Gasteiger partial charge in [0, 0.05) is 22.3 Å². The van der Waals surface area contributed by atoms with Gasteiger partial charge in [-0.05, 0) is 58.7 Å². The second-order valence-electron chi connectivity index (χ2n) is 7.52. The lowest BCUT2D eigenvalue weighted by atomic mass is 9.80. The van der Waals surface area contributed by atoms with E-state index in [1.54, 1.807) is 27.7 Å². The number of hydrogen-bond acceptors (Lipinski definition) is 6. The van der Waals surface area contributed by atoms with Crippen molar-refractivity contribution >= 4 is 34.4 Å². The molecule has 0 atom stereocenters. The maximum absolute atomic E-state index is 12.9. The summed E-state index contributed by atoms with van der Waals surface area (Å²) in [4.78, 5) is 30.5. The van der Waals surface area contributed by atoms with Gasteiger partial charge < -0.3 is 14.8 Å². The second-order valence-corrected chi connectivity index (χ2v) is 7.88. The average molecular weight is 443 g/mol. The van der Waals surface area contributed by atoms with E-state index < -0.39 is 17.9 Å². The molecule has 7 heteroatoms. The van der Waals surface area contributed by atoms with Gasteiger partial charge in [-0.25, -0.2) is 14.6 Å². The fraction of sp³-hybridized carbons (Fsp3) is 0.375. The summed E-state index contributed by atoms with van der Waals surface area (Å²) < 4.78 is 10.6. The molecule has 0 saturated heterocycles. The number of esters is 2. The number of pyridine rings is 1. The highest BCUT2D eigenvalue weighted by Crippen LogP contribution is 2.42. The van der Waals surface area contributed by atoms with Gasteiger partial charge in [0.2, 0.25) is 0 Å². The Morgan fingerprint density at radius 3 is 2.06 bits per heavy atom. The van der Waals surface area contributed by atoms with E-state index in [9.17, 15) is 9.59 Å². The van der Waals surface area contributed by atoms with Crippen molar-refractivity contribution in [2.24, 2.45) is 0 Å². The molecule has 0 saturated carbocycles. The van der Waals surface area contributed by atoms with Gasteiger partial charge in [0.05, 0.1) is 35.8 Å². The third kappa shape index (κ3) is 4.17. The topological polar surface area (TPSA) is 77.5 Å². The molecule has 1 N–H and O–H groups in total. The summed E-state index contributed by atoms with van der Waals surface area (Å²) in [6.07, 6.45) is 0. The van der Waals surface area contributed by atoms with Crippen LogP contribution in [0.5, 0.6) is 0 Å². The van der Waals surface area contributed by atoms with E-state index in [0.29, 0.717) is 28.1 Å². The van der Waals surface area contributed by atoms with Gasteiger partial charge in [0.15, 0.2) is 0 Å². The molecule has 0 amide bonds. The van der Waals surface area contributed by atoms with Crippen LogP contribution in [0, 0.1) is 13.8 Å². The first-order valence-corrected chi connectivity index (χ1v) is 10.7. The molecule has 2 heterocycles. The Kier molecular flexibility index (Phi) is 6.70. The van der Waals surface area contributed by atoms with Crippen LogP contribution in [0.4, 0.5) is 0 Å². The minimum atomic E-state index is -0.759. The molecule has 164 valence electrons. The number of halogens is 1. The van der Waals surface area contributed by atoms with Gasteiger partial charge in [0.1, 0.15) is 5.15 Å². The lowest BCUT2D eigenvalue weighted by Crippen LogP contribution is -2.32. The number of benzene rings is 1. The molecule has 0 bridgehead atoms. The number of aryl methyl sites for hydroxylation is 2. The first-order chi connectivity index (χ1) is 14.7. The third-order valence-electron chi connectivity index (χ3n) is 5.55. The van der Waals surface area contributed by atoms with Crippen molar-refractivity contribution in [3.63, 3.8) is 0 Å². The van der Waals surface area contributed by atoms with Crippen LogP contribution in [0.1, 0.15) is 50.3 Å². The Bertz CT molecular complexity index is 1090. The van der Waals surface area contributed by atoms with E-state index in [0.717, 1.165) is 22.0 Å². The van der Waals surface area contributed by atoms with Crippen LogP contribution in [0.3, 0.4) is 0 Å². The predicted molar refractivity (Wildman–Crippen MR) is 121 cm³/mol. The molecule has 1 aliphatic heterocycles. The Balaban J connectivity index is 2.30. The highest BCUT2D eigenvalue weighted by Gasteiger charge is 2.39. The highest BCUT2D eigenvalue weighted by atomic mass is 35.5. The lowest BCUT2D eigenvalue weighted by molar-refractivity contribution is -0.139. The number of allylic oxidation sites excluding steroid dienone is 2. The summed E-state index contributed by atoms with van der Waals surface area (Å²) in [6.45, 7) is 11.5. The van der Waals surface area contributed by atoms with E-state index in [-0.39, 0.29) is 18.4 Å². The summed E-state index contributed by atoms with van der Waals surface area (Å²) in [7, 11) is 0. The molecule has 0 spiro atoms.